The minimum absolute atomic E-state index is 0.0411. The van der Waals surface area contributed by atoms with Gasteiger partial charge in [-0.05, 0) is 36.4 Å². The Bertz CT molecular complexity index is 937. The van der Waals surface area contributed by atoms with Gasteiger partial charge in [0, 0.05) is 25.0 Å². The first-order valence-electron chi connectivity index (χ1n) is 8.94. The van der Waals surface area contributed by atoms with Crippen LogP contribution >= 0.6 is 11.3 Å². The van der Waals surface area contributed by atoms with Crippen molar-refractivity contribution >= 4 is 28.1 Å². The van der Waals surface area contributed by atoms with Crippen molar-refractivity contribution in [2.75, 3.05) is 20.3 Å². The molecule has 0 spiro atoms. The zero-order valence-corrected chi connectivity index (χ0v) is 16.1. The number of carbonyl (C=O) groups is 1. The normalized spacial score (nSPS) is 11.0. The summed E-state index contributed by atoms with van der Waals surface area (Å²) in [5, 5.41) is 2.59. The van der Waals surface area contributed by atoms with Crippen LogP contribution in [-0.4, -0.2) is 41.0 Å². The topological polar surface area (TPSA) is 75.3 Å². The second-order valence-electron chi connectivity index (χ2n) is 6.27. The molecule has 0 aliphatic heterocycles. The molecule has 0 saturated heterocycles. The van der Waals surface area contributed by atoms with Crippen LogP contribution in [0.4, 0.5) is 0 Å². The van der Waals surface area contributed by atoms with Gasteiger partial charge in [-0.1, -0.05) is 18.2 Å². The van der Waals surface area contributed by atoms with Gasteiger partial charge in [0.1, 0.15) is 5.82 Å². The van der Waals surface area contributed by atoms with E-state index in [1.807, 2.05) is 17.5 Å². The molecule has 3 rings (SSSR count). The summed E-state index contributed by atoms with van der Waals surface area (Å²) in [5.74, 6) is 0.529. The predicted octanol–water partition coefficient (Wildman–Crippen LogP) is 2.98. The molecule has 6 nitrogen and oxygen atoms in total. The van der Waals surface area contributed by atoms with Crippen LogP contribution in [0, 0.1) is 0 Å². The van der Waals surface area contributed by atoms with E-state index in [2.05, 4.69) is 16.0 Å². The van der Waals surface area contributed by atoms with E-state index in [-0.39, 0.29) is 18.0 Å². The number of methoxy groups -OCH3 is 1. The van der Waals surface area contributed by atoms with Crippen molar-refractivity contribution in [3.05, 3.63) is 62.8 Å². The van der Waals surface area contributed by atoms with Crippen molar-refractivity contribution < 1.29 is 9.53 Å². The Kier molecular flexibility index (Phi) is 6.73. The first kappa shape index (κ1) is 19.3. The van der Waals surface area contributed by atoms with E-state index in [4.69, 9.17) is 4.74 Å². The lowest BCUT2D eigenvalue weighted by molar-refractivity contribution is -0.132. The Balaban J connectivity index is 1.68. The molecule has 27 heavy (non-hydrogen) atoms. The Morgan fingerprint density at radius 3 is 2.89 bits per heavy atom. The molecule has 1 amide bonds. The van der Waals surface area contributed by atoms with Gasteiger partial charge in [0.15, 0.2) is 0 Å². The summed E-state index contributed by atoms with van der Waals surface area (Å²) < 4.78 is 5.13. The van der Waals surface area contributed by atoms with E-state index in [9.17, 15) is 9.59 Å². The molecular weight excluding hydrogens is 362 g/mol. The highest BCUT2D eigenvalue weighted by molar-refractivity contribution is 7.09. The van der Waals surface area contributed by atoms with Crippen molar-refractivity contribution in [1.29, 1.82) is 0 Å². The van der Waals surface area contributed by atoms with Gasteiger partial charge in [-0.3, -0.25) is 9.59 Å². The Morgan fingerprint density at radius 1 is 1.26 bits per heavy atom. The highest BCUT2D eigenvalue weighted by Crippen LogP contribution is 2.13. The largest absolute Gasteiger partial charge is 0.383 e. The number of aryl methyl sites for hydroxylation is 1. The average molecular weight is 385 g/mol. The lowest BCUT2D eigenvalue weighted by atomic mass is 10.2. The number of hydrogen-bond donors (Lipinski definition) is 1. The molecule has 7 heteroatoms. The molecule has 0 atom stereocenters. The molecule has 1 N–H and O–H groups in total. The number of amides is 1. The smallest absolute Gasteiger partial charge is 0.258 e. The number of para-hydroxylation sites is 1. The highest BCUT2D eigenvalue weighted by Gasteiger charge is 2.16. The van der Waals surface area contributed by atoms with Crippen LogP contribution in [0.15, 0.2) is 46.6 Å². The Hall–Kier alpha value is -2.51. The van der Waals surface area contributed by atoms with Crippen LogP contribution in [-0.2, 0) is 22.5 Å². The fraction of sp³-hybridized carbons (Fsp3) is 0.350. The summed E-state index contributed by atoms with van der Waals surface area (Å²) in [5.41, 5.74) is 0.445. The second kappa shape index (κ2) is 9.43. The molecule has 0 aliphatic rings. The number of ether oxygens (including phenoxy) is 1. The number of H-pyrrole nitrogens is 1. The van der Waals surface area contributed by atoms with Crippen molar-refractivity contribution in [2.24, 2.45) is 0 Å². The fourth-order valence-corrected chi connectivity index (χ4v) is 3.66. The van der Waals surface area contributed by atoms with Gasteiger partial charge in [0.2, 0.25) is 5.91 Å². The van der Waals surface area contributed by atoms with Gasteiger partial charge in [-0.25, -0.2) is 4.98 Å². The van der Waals surface area contributed by atoms with Crippen LogP contribution in [0.5, 0.6) is 0 Å². The lowest BCUT2D eigenvalue weighted by Gasteiger charge is -2.22. The van der Waals surface area contributed by atoms with Crippen molar-refractivity contribution in [3.8, 4) is 0 Å². The zero-order chi connectivity index (χ0) is 19.1. The molecule has 0 saturated carbocycles. The van der Waals surface area contributed by atoms with Gasteiger partial charge in [0.05, 0.1) is 24.1 Å². The maximum absolute atomic E-state index is 12.7. The number of nitrogens with one attached hydrogen (secondary N) is 1. The minimum Gasteiger partial charge on any atom is -0.383 e. The molecule has 2 heterocycles. The van der Waals surface area contributed by atoms with Crippen LogP contribution in [0.2, 0.25) is 0 Å². The maximum Gasteiger partial charge on any atom is 0.258 e. The molecule has 0 unspecified atom stereocenters. The summed E-state index contributed by atoms with van der Waals surface area (Å²) in [6.45, 7) is 1.17. The van der Waals surface area contributed by atoms with Gasteiger partial charge in [-0.15, -0.1) is 11.3 Å². The molecule has 3 aromatic rings. The van der Waals surface area contributed by atoms with E-state index in [1.54, 1.807) is 41.5 Å². The Labute approximate surface area is 161 Å². The molecule has 0 bridgehead atoms. The number of hydrogen-bond acceptors (Lipinski definition) is 5. The molecule has 142 valence electrons. The second-order valence-corrected chi connectivity index (χ2v) is 7.30. The predicted molar refractivity (Wildman–Crippen MR) is 107 cm³/mol. The van der Waals surface area contributed by atoms with Crippen molar-refractivity contribution in [2.45, 2.75) is 25.8 Å². The molecule has 2 aromatic heterocycles. The summed E-state index contributed by atoms with van der Waals surface area (Å²) in [6, 6.07) is 11.3. The number of aromatic nitrogens is 2. The van der Waals surface area contributed by atoms with Crippen LogP contribution < -0.4 is 5.56 Å². The Morgan fingerprint density at radius 2 is 2.11 bits per heavy atom. The summed E-state index contributed by atoms with van der Waals surface area (Å²) >= 11 is 1.71. The summed E-state index contributed by atoms with van der Waals surface area (Å²) in [7, 11) is 1.61. The minimum atomic E-state index is -0.188. The third kappa shape index (κ3) is 5.24. The van der Waals surface area contributed by atoms with E-state index >= 15 is 0 Å². The van der Waals surface area contributed by atoms with E-state index in [0.717, 1.165) is 12.8 Å². The van der Waals surface area contributed by atoms with E-state index in [1.165, 1.54) is 4.88 Å². The third-order valence-electron chi connectivity index (χ3n) is 4.31. The van der Waals surface area contributed by atoms with Gasteiger partial charge < -0.3 is 14.6 Å². The number of carbonyl (C=O) groups excluding carboxylic acids is 1. The molecule has 1 aromatic carbocycles. The SMILES string of the molecule is COCCN(Cc1nc2ccccc2c(=O)[nH]1)C(=O)CCCc1cccs1. The number of rotatable bonds is 9. The monoisotopic (exact) mass is 385 g/mol. The molecule has 0 aliphatic carbocycles. The first-order chi connectivity index (χ1) is 13.2. The quantitative estimate of drug-likeness (QED) is 0.614. The number of benzene rings is 1. The average Bonchev–Trinajstić information content (AvgIpc) is 3.18. The zero-order valence-electron chi connectivity index (χ0n) is 15.3. The summed E-state index contributed by atoms with van der Waals surface area (Å²) in [6.07, 6.45) is 2.15. The molecule has 0 fully saturated rings. The third-order valence-corrected chi connectivity index (χ3v) is 5.25. The fourth-order valence-electron chi connectivity index (χ4n) is 2.91. The highest BCUT2D eigenvalue weighted by atomic mass is 32.1. The van der Waals surface area contributed by atoms with Crippen LogP contribution in [0.25, 0.3) is 10.9 Å². The maximum atomic E-state index is 12.7. The van der Waals surface area contributed by atoms with E-state index in [0.29, 0.717) is 36.3 Å². The number of nitrogens with zero attached hydrogens (tertiary/aromatic N) is 2. The standard InChI is InChI=1S/C20H23N3O3S/c1-26-12-11-23(19(24)10-4-6-15-7-5-13-27-15)14-18-21-17-9-3-2-8-16(17)20(25)22-18/h2-3,5,7-9,13H,4,6,10-12,14H2,1H3,(H,21,22,25). The number of fused-ring (bicyclic) bond motifs is 1. The van der Waals surface area contributed by atoms with Crippen molar-refractivity contribution in [1.82, 2.24) is 14.9 Å². The van der Waals surface area contributed by atoms with Crippen LogP contribution in [0.1, 0.15) is 23.5 Å². The number of thiophene rings is 1. The van der Waals surface area contributed by atoms with Gasteiger partial charge >= 0.3 is 0 Å². The lowest BCUT2D eigenvalue weighted by Crippen LogP contribution is -2.34. The molecular formula is C20H23N3O3S. The van der Waals surface area contributed by atoms with Crippen LogP contribution in [0.3, 0.4) is 0 Å². The molecule has 0 radical (unpaired) electrons. The van der Waals surface area contributed by atoms with E-state index < -0.39 is 0 Å². The van der Waals surface area contributed by atoms with Gasteiger partial charge in [-0.2, -0.15) is 0 Å². The first-order valence-corrected chi connectivity index (χ1v) is 9.82. The summed E-state index contributed by atoms with van der Waals surface area (Å²) in [4.78, 5) is 35.2. The van der Waals surface area contributed by atoms with Gasteiger partial charge in [0.25, 0.3) is 5.56 Å². The number of aromatic amines is 1. The van der Waals surface area contributed by atoms with Crippen molar-refractivity contribution in [3.63, 3.8) is 0 Å².